The minimum absolute atomic E-state index is 0.397. The van der Waals surface area contributed by atoms with E-state index in [1.165, 1.54) is 6.92 Å². The van der Waals surface area contributed by atoms with Gasteiger partial charge in [-0.3, -0.25) is 0 Å². The number of carboxylic acid groups (broad SMARTS) is 1. The monoisotopic (exact) mass is 284 g/mol. The zero-order valence-corrected chi connectivity index (χ0v) is 12.3. The Labute approximate surface area is 117 Å². The minimum atomic E-state index is -1.22. The zero-order chi connectivity index (χ0) is 14.5. The average molecular weight is 284 g/mol. The highest BCUT2D eigenvalue weighted by atomic mass is 32.1. The predicted molar refractivity (Wildman–Crippen MR) is 75.4 cm³/mol. The molecule has 0 radical (unpaired) electrons. The van der Waals surface area contributed by atoms with E-state index in [2.05, 4.69) is 10.6 Å². The second-order valence-electron chi connectivity index (χ2n) is 4.72. The number of carboxylic acids is 1. The van der Waals surface area contributed by atoms with Crippen LogP contribution in [-0.4, -0.2) is 22.6 Å². The van der Waals surface area contributed by atoms with Gasteiger partial charge in [-0.1, -0.05) is 13.3 Å². The van der Waals surface area contributed by atoms with E-state index >= 15 is 0 Å². The number of carbonyl (C=O) groups excluding carboxylic acids is 1. The number of urea groups is 1. The highest BCUT2D eigenvalue weighted by molar-refractivity contribution is 7.10. The van der Waals surface area contributed by atoms with Crippen molar-refractivity contribution in [1.29, 1.82) is 0 Å². The molecule has 1 rings (SSSR count). The van der Waals surface area contributed by atoms with E-state index in [0.29, 0.717) is 19.4 Å². The molecular weight excluding hydrogens is 264 g/mol. The Kier molecular flexibility index (Phi) is 5.35. The molecule has 0 bridgehead atoms. The zero-order valence-electron chi connectivity index (χ0n) is 11.4. The number of rotatable bonds is 6. The molecule has 1 unspecified atom stereocenters. The molecule has 2 amide bonds. The molecule has 19 heavy (non-hydrogen) atoms. The molecule has 0 saturated carbocycles. The minimum Gasteiger partial charge on any atom is -0.480 e. The summed E-state index contributed by atoms with van der Waals surface area (Å²) in [6.45, 7) is 5.80. The van der Waals surface area contributed by atoms with Gasteiger partial charge in [0.15, 0.2) is 0 Å². The van der Waals surface area contributed by atoms with Crippen molar-refractivity contribution in [3.05, 3.63) is 21.9 Å². The largest absolute Gasteiger partial charge is 0.480 e. The first-order valence-corrected chi connectivity index (χ1v) is 7.09. The lowest BCUT2D eigenvalue weighted by atomic mass is 9.97. The summed E-state index contributed by atoms with van der Waals surface area (Å²) in [4.78, 5) is 24.0. The molecule has 1 aromatic rings. The number of carbonyl (C=O) groups is 2. The predicted octanol–water partition coefficient (Wildman–Crippen LogP) is 2.50. The lowest BCUT2D eigenvalue weighted by molar-refractivity contribution is -0.144. The van der Waals surface area contributed by atoms with Crippen LogP contribution in [0.25, 0.3) is 0 Å². The van der Waals surface area contributed by atoms with Crippen LogP contribution in [0.15, 0.2) is 11.4 Å². The quantitative estimate of drug-likeness (QED) is 0.751. The van der Waals surface area contributed by atoms with Crippen LogP contribution in [0.1, 0.15) is 37.1 Å². The SMILES string of the molecule is CCCC(C)(NC(=O)NCc1sccc1C)C(=O)O. The van der Waals surface area contributed by atoms with Crippen molar-refractivity contribution in [2.75, 3.05) is 0 Å². The Balaban J connectivity index is 2.54. The third-order valence-corrected chi connectivity index (χ3v) is 4.01. The number of aryl methyl sites for hydroxylation is 1. The van der Waals surface area contributed by atoms with Crippen molar-refractivity contribution in [1.82, 2.24) is 10.6 Å². The normalized spacial score (nSPS) is 13.6. The summed E-state index contributed by atoms with van der Waals surface area (Å²) in [6, 6.07) is 1.53. The van der Waals surface area contributed by atoms with Gasteiger partial charge in [0.25, 0.3) is 0 Å². The molecule has 0 aliphatic carbocycles. The maximum absolute atomic E-state index is 11.8. The highest BCUT2D eigenvalue weighted by Gasteiger charge is 2.33. The standard InChI is InChI=1S/C13H20N2O3S/c1-4-6-13(3,11(16)17)15-12(18)14-8-10-9(2)5-7-19-10/h5,7H,4,6,8H2,1-3H3,(H,16,17)(H2,14,15,18). The molecule has 0 spiro atoms. The third kappa shape index (κ3) is 4.24. The summed E-state index contributed by atoms with van der Waals surface area (Å²) in [5, 5.41) is 16.4. The van der Waals surface area contributed by atoms with E-state index < -0.39 is 17.5 Å². The number of hydrogen-bond acceptors (Lipinski definition) is 3. The highest BCUT2D eigenvalue weighted by Crippen LogP contribution is 2.15. The van der Waals surface area contributed by atoms with E-state index in [1.54, 1.807) is 11.3 Å². The van der Waals surface area contributed by atoms with Crippen LogP contribution >= 0.6 is 11.3 Å². The summed E-state index contributed by atoms with van der Waals surface area (Å²) in [5.74, 6) is -1.02. The van der Waals surface area contributed by atoms with Crippen LogP contribution in [0.3, 0.4) is 0 Å². The Hall–Kier alpha value is -1.56. The Bertz CT molecular complexity index is 458. The number of amides is 2. The molecule has 0 aliphatic rings. The van der Waals surface area contributed by atoms with Gasteiger partial charge in [-0.05, 0) is 37.3 Å². The topological polar surface area (TPSA) is 78.4 Å². The first-order valence-electron chi connectivity index (χ1n) is 6.21. The van der Waals surface area contributed by atoms with Crippen molar-refractivity contribution >= 4 is 23.3 Å². The molecule has 5 nitrogen and oxygen atoms in total. The second kappa shape index (κ2) is 6.56. The van der Waals surface area contributed by atoms with Crippen molar-refractivity contribution in [3.63, 3.8) is 0 Å². The van der Waals surface area contributed by atoms with Crippen LogP contribution in [0.4, 0.5) is 4.79 Å². The first-order chi connectivity index (χ1) is 8.89. The van der Waals surface area contributed by atoms with E-state index in [-0.39, 0.29) is 0 Å². The second-order valence-corrected chi connectivity index (χ2v) is 5.72. The lowest BCUT2D eigenvalue weighted by Crippen LogP contribution is -2.55. The Morgan fingerprint density at radius 1 is 1.47 bits per heavy atom. The molecule has 3 N–H and O–H groups in total. The molecule has 0 saturated heterocycles. The number of aliphatic carboxylic acids is 1. The van der Waals surface area contributed by atoms with Gasteiger partial charge in [0.05, 0.1) is 6.54 Å². The summed E-state index contributed by atoms with van der Waals surface area (Å²) >= 11 is 1.57. The molecule has 1 heterocycles. The maximum atomic E-state index is 11.8. The van der Waals surface area contributed by atoms with Gasteiger partial charge in [-0.15, -0.1) is 11.3 Å². The number of hydrogen-bond donors (Lipinski definition) is 3. The van der Waals surface area contributed by atoms with Crippen molar-refractivity contribution < 1.29 is 14.7 Å². The van der Waals surface area contributed by atoms with Crippen LogP contribution in [-0.2, 0) is 11.3 Å². The molecule has 106 valence electrons. The fraction of sp³-hybridized carbons (Fsp3) is 0.538. The van der Waals surface area contributed by atoms with Gasteiger partial charge < -0.3 is 15.7 Å². The average Bonchev–Trinajstić information content (AvgIpc) is 2.72. The number of nitrogens with one attached hydrogen (secondary N) is 2. The molecule has 0 aromatic carbocycles. The van der Waals surface area contributed by atoms with Crippen LogP contribution in [0.2, 0.25) is 0 Å². The Morgan fingerprint density at radius 3 is 2.63 bits per heavy atom. The molecule has 1 aromatic heterocycles. The smallest absolute Gasteiger partial charge is 0.329 e. The summed E-state index contributed by atoms with van der Waals surface area (Å²) in [6.07, 6.45) is 1.08. The summed E-state index contributed by atoms with van der Waals surface area (Å²) in [5.41, 5.74) is -0.0941. The van der Waals surface area contributed by atoms with Gasteiger partial charge in [0, 0.05) is 4.88 Å². The van der Waals surface area contributed by atoms with Gasteiger partial charge >= 0.3 is 12.0 Å². The molecule has 0 fully saturated rings. The fourth-order valence-electron chi connectivity index (χ4n) is 1.76. The molecule has 1 atom stereocenters. The van der Waals surface area contributed by atoms with Crippen LogP contribution in [0.5, 0.6) is 0 Å². The molecule has 6 heteroatoms. The third-order valence-electron chi connectivity index (χ3n) is 2.99. The van der Waals surface area contributed by atoms with Gasteiger partial charge in [0.2, 0.25) is 0 Å². The van der Waals surface area contributed by atoms with E-state index in [1.807, 2.05) is 25.3 Å². The number of thiophene rings is 1. The van der Waals surface area contributed by atoms with Crippen molar-refractivity contribution in [3.8, 4) is 0 Å². The van der Waals surface area contributed by atoms with E-state index in [0.717, 1.165) is 10.4 Å². The van der Waals surface area contributed by atoms with Crippen molar-refractivity contribution in [2.45, 2.75) is 45.7 Å². The van der Waals surface area contributed by atoms with Crippen LogP contribution < -0.4 is 10.6 Å². The summed E-state index contributed by atoms with van der Waals surface area (Å²) in [7, 11) is 0. The van der Waals surface area contributed by atoms with E-state index in [4.69, 9.17) is 5.11 Å². The first kappa shape index (κ1) is 15.5. The van der Waals surface area contributed by atoms with Gasteiger partial charge in [-0.25, -0.2) is 9.59 Å². The van der Waals surface area contributed by atoms with Crippen molar-refractivity contribution in [2.24, 2.45) is 0 Å². The van der Waals surface area contributed by atoms with Gasteiger partial charge in [-0.2, -0.15) is 0 Å². The van der Waals surface area contributed by atoms with Gasteiger partial charge in [0.1, 0.15) is 5.54 Å². The Morgan fingerprint density at radius 2 is 2.16 bits per heavy atom. The molecule has 0 aliphatic heterocycles. The fourth-order valence-corrected chi connectivity index (χ4v) is 2.61. The van der Waals surface area contributed by atoms with E-state index in [9.17, 15) is 9.59 Å². The van der Waals surface area contributed by atoms with Crippen LogP contribution in [0, 0.1) is 6.92 Å². The lowest BCUT2D eigenvalue weighted by Gasteiger charge is -2.25. The maximum Gasteiger partial charge on any atom is 0.329 e. The summed E-state index contributed by atoms with van der Waals surface area (Å²) < 4.78 is 0. The molecular formula is C13H20N2O3S.